The summed E-state index contributed by atoms with van der Waals surface area (Å²) in [5, 5.41) is 7.92. The van der Waals surface area contributed by atoms with Crippen molar-refractivity contribution in [1.82, 2.24) is 10.2 Å². The Hall–Kier alpha value is -4.34. The number of halogens is 3. The predicted molar refractivity (Wildman–Crippen MR) is 124 cm³/mol. The Morgan fingerprint density at radius 3 is 2.08 bits per heavy atom. The molecule has 7 nitrogen and oxygen atoms in total. The molecule has 1 saturated heterocycles. The second kappa shape index (κ2) is 9.37. The summed E-state index contributed by atoms with van der Waals surface area (Å²) in [6, 6.07) is 13.0. The number of hydrogen-bond acceptors (Lipinski definition) is 6. The van der Waals surface area contributed by atoms with Crippen LogP contribution < -0.4 is 9.64 Å². The van der Waals surface area contributed by atoms with Gasteiger partial charge in [0.15, 0.2) is 11.6 Å². The average Bonchev–Trinajstić information content (AvgIpc) is 3.09. The van der Waals surface area contributed by atoms with Crippen LogP contribution in [-0.4, -0.2) is 34.0 Å². The number of amides is 1. The minimum absolute atomic E-state index is 0.0347. The lowest BCUT2D eigenvalue weighted by Gasteiger charge is -2.26. The van der Waals surface area contributed by atoms with Crippen molar-refractivity contribution in [2.45, 2.75) is 26.3 Å². The molecule has 0 radical (unpaired) electrons. The number of hydrogen-bond donors (Lipinski definition) is 0. The number of alkyl halides is 3. The van der Waals surface area contributed by atoms with Crippen LogP contribution in [0.1, 0.15) is 40.1 Å². The molecular formula is C26H20F3N3O4. The van der Waals surface area contributed by atoms with Gasteiger partial charge in [-0.05, 0) is 49.2 Å². The zero-order valence-corrected chi connectivity index (χ0v) is 19.2. The van der Waals surface area contributed by atoms with E-state index in [9.17, 15) is 27.6 Å². The summed E-state index contributed by atoms with van der Waals surface area (Å²) < 4.78 is 41.7. The summed E-state index contributed by atoms with van der Waals surface area (Å²) in [7, 11) is 0. The van der Waals surface area contributed by atoms with Gasteiger partial charge in [0.1, 0.15) is 11.7 Å². The topological polar surface area (TPSA) is 89.5 Å². The number of aryl methyl sites for hydroxylation is 1. The molecule has 3 aromatic rings. The van der Waals surface area contributed by atoms with E-state index in [1.165, 1.54) is 30.3 Å². The Balaban J connectivity index is 1.79. The maximum atomic E-state index is 13.5. The Labute approximate surface area is 204 Å². The van der Waals surface area contributed by atoms with Crippen molar-refractivity contribution in [1.29, 1.82) is 0 Å². The molecule has 1 aromatic heterocycles. The molecule has 1 aliphatic heterocycles. The number of ketones is 2. The summed E-state index contributed by atoms with van der Waals surface area (Å²) in [6.07, 6.45) is -4.89. The Bertz CT molecular complexity index is 1330. The normalized spacial score (nSPS) is 17.9. The van der Waals surface area contributed by atoms with Gasteiger partial charge in [-0.25, -0.2) is 0 Å². The van der Waals surface area contributed by atoms with Crippen LogP contribution >= 0.6 is 0 Å². The number of nitrogens with zero attached hydrogens (tertiary/aromatic N) is 3. The van der Waals surface area contributed by atoms with E-state index in [1.54, 1.807) is 32.0 Å². The minimum Gasteiger partial charge on any atom is -0.406 e. The van der Waals surface area contributed by atoms with E-state index in [-0.39, 0.29) is 16.9 Å². The zero-order valence-electron chi connectivity index (χ0n) is 19.2. The van der Waals surface area contributed by atoms with Crippen LogP contribution in [-0.2, 0) is 9.59 Å². The highest BCUT2D eigenvalue weighted by Gasteiger charge is 2.53. The van der Waals surface area contributed by atoms with Gasteiger partial charge in [0.25, 0.3) is 5.91 Å². The Morgan fingerprint density at radius 1 is 0.944 bits per heavy atom. The van der Waals surface area contributed by atoms with Gasteiger partial charge in [-0.2, -0.15) is 5.10 Å². The number of ether oxygens (including phenoxy) is 1. The van der Waals surface area contributed by atoms with E-state index < -0.39 is 41.5 Å². The van der Waals surface area contributed by atoms with Gasteiger partial charge in [0, 0.05) is 5.56 Å². The standard InChI is InChI=1S/C26H20F3N3O4/c1-14(2)16-5-7-18(8-6-16)23(33)21-22(17-9-11-19(12-10-17)36-26(27,28)29)32(25(35)24(21)34)20-13-4-15(3)30-31-20/h4-13,21-22H,1H2,2-3H3. The van der Waals surface area contributed by atoms with Gasteiger partial charge in [0.05, 0.1) is 11.7 Å². The number of aromatic nitrogens is 2. The van der Waals surface area contributed by atoms with Crippen molar-refractivity contribution in [3.05, 3.63) is 89.6 Å². The van der Waals surface area contributed by atoms with Crippen LogP contribution in [0.25, 0.3) is 5.57 Å². The van der Waals surface area contributed by atoms with E-state index in [2.05, 4.69) is 21.5 Å². The zero-order chi connectivity index (χ0) is 26.2. The Morgan fingerprint density at radius 2 is 1.56 bits per heavy atom. The molecule has 0 N–H and O–H groups in total. The SMILES string of the molecule is C=C(C)c1ccc(C(=O)C2C(=O)C(=O)N(c3ccc(C)nn3)C2c2ccc(OC(F)(F)F)cc2)cc1. The summed E-state index contributed by atoms with van der Waals surface area (Å²) in [4.78, 5) is 40.8. The van der Waals surface area contributed by atoms with Crippen molar-refractivity contribution in [2.24, 2.45) is 5.92 Å². The molecule has 2 heterocycles. The first-order chi connectivity index (χ1) is 17.0. The van der Waals surface area contributed by atoms with Gasteiger partial charge in [-0.15, -0.1) is 18.3 Å². The van der Waals surface area contributed by atoms with Gasteiger partial charge in [-0.1, -0.05) is 48.6 Å². The molecule has 184 valence electrons. The Kier molecular flexibility index (Phi) is 6.45. The van der Waals surface area contributed by atoms with E-state index in [0.29, 0.717) is 5.69 Å². The smallest absolute Gasteiger partial charge is 0.406 e. The van der Waals surface area contributed by atoms with Crippen LogP contribution in [0.2, 0.25) is 0 Å². The van der Waals surface area contributed by atoms with Gasteiger partial charge >= 0.3 is 6.36 Å². The maximum absolute atomic E-state index is 13.5. The molecule has 0 saturated carbocycles. The third-order valence-corrected chi connectivity index (χ3v) is 5.74. The number of allylic oxidation sites excluding steroid dienone is 1. The molecule has 2 aromatic carbocycles. The molecule has 4 rings (SSSR count). The second-order valence-corrected chi connectivity index (χ2v) is 8.33. The molecule has 0 aliphatic carbocycles. The fourth-order valence-electron chi connectivity index (χ4n) is 4.01. The minimum atomic E-state index is -4.89. The number of rotatable bonds is 6. The highest BCUT2D eigenvalue weighted by Crippen LogP contribution is 2.41. The van der Waals surface area contributed by atoms with Crippen molar-refractivity contribution in [2.75, 3.05) is 4.90 Å². The highest BCUT2D eigenvalue weighted by atomic mass is 19.4. The first-order valence-corrected chi connectivity index (χ1v) is 10.8. The van der Waals surface area contributed by atoms with Crippen LogP contribution in [0.5, 0.6) is 5.75 Å². The summed E-state index contributed by atoms with van der Waals surface area (Å²) in [5.41, 5.74) is 2.60. The number of Topliss-reactive ketones (excluding diaryl/α,β-unsaturated/α-hetero) is 2. The van der Waals surface area contributed by atoms with Crippen LogP contribution in [0, 0.1) is 12.8 Å². The largest absolute Gasteiger partial charge is 0.573 e. The van der Waals surface area contributed by atoms with E-state index in [1.807, 2.05) is 0 Å². The number of carbonyl (C=O) groups is 3. The van der Waals surface area contributed by atoms with E-state index in [0.717, 1.165) is 28.2 Å². The molecule has 0 bridgehead atoms. The lowest BCUT2D eigenvalue weighted by atomic mass is 9.86. The average molecular weight is 495 g/mol. The monoisotopic (exact) mass is 495 g/mol. The highest BCUT2D eigenvalue weighted by molar-refractivity contribution is 6.48. The fraction of sp³-hybridized carbons (Fsp3) is 0.192. The molecule has 10 heteroatoms. The van der Waals surface area contributed by atoms with Gasteiger partial charge < -0.3 is 4.74 Å². The van der Waals surface area contributed by atoms with E-state index in [4.69, 9.17) is 0 Å². The lowest BCUT2D eigenvalue weighted by Crippen LogP contribution is -2.31. The second-order valence-electron chi connectivity index (χ2n) is 8.33. The summed E-state index contributed by atoms with van der Waals surface area (Å²) in [6.45, 7) is 7.34. The third-order valence-electron chi connectivity index (χ3n) is 5.74. The summed E-state index contributed by atoms with van der Waals surface area (Å²) >= 11 is 0. The first-order valence-electron chi connectivity index (χ1n) is 10.8. The molecule has 2 unspecified atom stereocenters. The number of benzene rings is 2. The van der Waals surface area contributed by atoms with E-state index >= 15 is 0 Å². The molecule has 0 spiro atoms. The van der Waals surface area contributed by atoms with Crippen LogP contribution in [0.3, 0.4) is 0 Å². The fourth-order valence-corrected chi connectivity index (χ4v) is 4.01. The van der Waals surface area contributed by atoms with Crippen molar-refractivity contribution < 1.29 is 32.3 Å². The quantitative estimate of drug-likeness (QED) is 0.275. The third kappa shape index (κ3) is 4.88. The lowest BCUT2D eigenvalue weighted by molar-refractivity contribution is -0.274. The number of carbonyl (C=O) groups excluding carboxylic acids is 3. The first kappa shape index (κ1) is 24.8. The predicted octanol–water partition coefficient (Wildman–Crippen LogP) is 4.87. The molecule has 36 heavy (non-hydrogen) atoms. The molecule has 1 amide bonds. The number of anilines is 1. The molecule has 1 fully saturated rings. The van der Waals surface area contributed by atoms with Gasteiger partial charge in [0.2, 0.25) is 5.78 Å². The summed E-state index contributed by atoms with van der Waals surface area (Å²) in [5.74, 6) is -4.43. The molecular weight excluding hydrogens is 475 g/mol. The van der Waals surface area contributed by atoms with Gasteiger partial charge in [-0.3, -0.25) is 19.3 Å². The van der Waals surface area contributed by atoms with Crippen LogP contribution in [0.4, 0.5) is 19.0 Å². The van der Waals surface area contributed by atoms with Crippen molar-refractivity contribution in [3.63, 3.8) is 0 Å². The molecule has 2 atom stereocenters. The maximum Gasteiger partial charge on any atom is 0.573 e. The molecule has 1 aliphatic rings. The van der Waals surface area contributed by atoms with Crippen LogP contribution in [0.15, 0.2) is 67.2 Å². The van der Waals surface area contributed by atoms with Crippen molar-refractivity contribution >= 4 is 28.9 Å². The van der Waals surface area contributed by atoms with Crippen molar-refractivity contribution in [3.8, 4) is 5.75 Å².